The average molecular weight is 316 g/mol. The van der Waals surface area contributed by atoms with Crippen LogP contribution in [0, 0.1) is 20.8 Å². The topological polar surface area (TPSA) is 46.5 Å². The van der Waals surface area contributed by atoms with Gasteiger partial charge < -0.3 is 9.84 Å². The molecule has 0 fully saturated rings. The third-order valence-corrected chi connectivity index (χ3v) is 4.98. The first-order valence-electron chi connectivity index (χ1n) is 7.20. The Morgan fingerprint density at radius 2 is 1.73 bits per heavy atom. The molecule has 0 aliphatic rings. The fourth-order valence-electron chi connectivity index (χ4n) is 2.32. The molecule has 0 radical (unpaired) electrons. The Kier molecular flexibility index (Phi) is 5.14. The Morgan fingerprint density at radius 1 is 1.09 bits per heavy atom. The van der Waals surface area contributed by atoms with Gasteiger partial charge in [0.25, 0.3) is 0 Å². The van der Waals surface area contributed by atoms with E-state index in [4.69, 9.17) is 4.74 Å². The zero-order valence-corrected chi connectivity index (χ0v) is 14.1. The standard InChI is InChI=1S/C18H20O3S/c1-5-21-18(20)15-13(4)17(12(3)11(2)16(15)19)22-14-9-7-6-8-10-14/h6-10,19H,5H2,1-4H3. The average Bonchev–Trinajstić information content (AvgIpc) is 2.51. The van der Waals surface area contributed by atoms with E-state index in [1.54, 1.807) is 18.7 Å². The van der Waals surface area contributed by atoms with Gasteiger partial charge in [0.2, 0.25) is 0 Å². The van der Waals surface area contributed by atoms with Crippen molar-refractivity contribution in [3.63, 3.8) is 0 Å². The number of benzene rings is 2. The van der Waals surface area contributed by atoms with Gasteiger partial charge in [0.05, 0.1) is 6.61 Å². The predicted molar refractivity (Wildman–Crippen MR) is 88.8 cm³/mol. The van der Waals surface area contributed by atoms with Crippen LogP contribution in [0.3, 0.4) is 0 Å². The van der Waals surface area contributed by atoms with Crippen molar-refractivity contribution in [2.75, 3.05) is 6.61 Å². The van der Waals surface area contributed by atoms with Gasteiger partial charge in [0.1, 0.15) is 11.3 Å². The molecule has 0 aromatic heterocycles. The van der Waals surface area contributed by atoms with E-state index in [0.29, 0.717) is 5.56 Å². The largest absolute Gasteiger partial charge is 0.507 e. The van der Waals surface area contributed by atoms with Crippen LogP contribution in [0.2, 0.25) is 0 Å². The fourth-order valence-corrected chi connectivity index (χ4v) is 3.41. The number of hydrogen-bond acceptors (Lipinski definition) is 4. The Balaban J connectivity index is 2.56. The zero-order chi connectivity index (χ0) is 16.3. The molecule has 0 bridgehead atoms. The van der Waals surface area contributed by atoms with Crippen molar-refractivity contribution >= 4 is 17.7 Å². The molecular weight excluding hydrogens is 296 g/mol. The summed E-state index contributed by atoms with van der Waals surface area (Å²) in [5.74, 6) is -0.457. The molecule has 2 rings (SSSR count). The van der Waals surface area contributed by atoms with Crippen LogP contribution in [0.15, 0.2) is 40.1 Å². The first-order chi connectivity index (χ1) is 10.5. The molecular formula is C18H20O3S. The number of hydrogen-bond donors (Lipinski definition) is 1. The minimum absolute atomic E-state index is 0.0193. The van der Waals surface area contributed by atoms with E-state index in [0.717, 1.165) is 20.9 Å². The highest BCUT2D eigenvalue weighted by Crippen LogP contribution is 2.40. The quantitative estimate of drug-likeness (QED) is 0.834. The van der Waals surface area contributed by atoms with E-state index >= 15 is 0 Å². The summed E-state index contributed by atoms with van der Waals surface area (Å²) in [5.41, 5.74) is 2.72. The summed E-state index contributed by atoms with van der Waals surface area (Å²) in [4.78, 5) is 14.2. The lowest BCUT2D eigenvalue weighted by atomic mass is 9.99. The Labute approximate surface area is 135 Å². The summed E-state index contributed by atoms with van der Waals surface area (Å²) < 4.78 is 5.08. The number of phenolic OH excluding ortho intramolecular Hbond substituents is 1. The van der Waals surface area contributed by atoms with Crippen LogP contribution < -0.4 is 0 Å². The molecule has 3 nitrogen and oxygen atoms in total. The fraction of sp³-hybridized carbons (Fsp3) is 0.278. The van der Waals surface area contributed by atoms with Crippen molar-refractivity contribution in [2.24, 2.45) is 0 Å². The van der Waals surface area contributed by atoms with Gasteiger partial charge >= 0.3 is 5.97 Å². The van der Waals surface area contributed by atoms with Gasteiger partial charge in [0, 0.05) is 9.79 Å². The van der Waals surface area contributed by atoms with Crippen LogP contribution in [-0.4, -0.2) is 17.7 Å². The summed E-state index contributed by atoms with van der Waals surface area (Å²) in [6.07, 6.45) is 0. The Hall–Kier alpha value is -1.94. The summed E-state index contributed by atoms with van der Waals surface area (Å²) in [6, 6.07) is 9.97. The number of rotatable bonds is 4. The number of carbonyl (C=O) groups is 1. The predicted octanol–water partition coefficient (Wildman–Crippen LogP) is 4.65. The second-order valence-electron chi connectivity index (χ2n) is 5.06. The maximum Gasteiger partial charge on any atom is 0.342 e. The van der Waals surface area contributed by atoms with Crippen LogP contribution in [-0.2, 0) is 4.74 Å². The molecule has 0 saturated heterocycles. The molecule has 0 aliphatic carbocycles. The van der Waals surface area contributed by atoms with E-state index in [2.05, 4.69) is 0 Å². The smallest absolute Gasteiger partial charge is 0.342 e. The van der Waals surface area contributed by atoms with E-state index < -0.39 is 5.97 Å². The minimum Gasteiger partial charge on any atom is -0.507 e. The number of ether oxygens (including phenoxy) is 1. The summed E-state index contributed by atoms with van der Waals surface area (Å²) in [5, 5.41) is 10.3. The van der Waals surface area contributed by atoms with Crippen molar-refractivity contribution in [3.8, 4) is 5.75 Å². The molecule has 4 heteroatoms. The van der Waals surface area contributed by atoms with E-state index in [1.807, 2.05) is 51.1 Å². The van der Waals surface area contributed by atoms with E-state index in [9.17, 15) is 9.90 Å². The lowest BCUT2D eigenvalue weighted by Crippen LogP contribution is -2.09. The second kappa shape index (κ2) is 6.88. The van der Waals surface area contributed by atoms with Crippen LogP contribution in [0.25, 0.3) is 0 Å². The minimum atomic E-state index is -0.476. The maximum atomic E-state index is 12.2. The van der Waals surface area contributed by atoms with Crippen molar-refractivity contribution < 1.29 is 14.6 Å². The number of aromatic hydroxyl groups is 1. The molecule has 0 unspecified atom stereocenters. The normalized spacial score (nSPS) is 10.5. The highest BCUT2D eigenvalue weighted by atomic mass is 32.2. The van der Waals surface area contributed by atoms with Crippen LogP contribution in [0.4, 0.5) is 0 Å². The van der Waals surface area contributed by atoms with Gasteiger partial charge in [0.15, 0.2) is 0 Å². The molecule has 0 atom stereocenters. The molecule has 1 N–H and O–H groups in total. The molecule has 0 spiro atoms. The third kappa shape index (κ3) is 3.12. The molecule has 2 aromatic rings. The number of carbonyl (C=O) groups excluding carboxylic acids is 1. The Bertz CT molecular complexity index is 693. The maximum absolute atomic E-state index is 12.2. The second-order valence-corrected chi connectivity index (χ2v) is 6.15. The summed E-state index contributed by atoms with van der Waals surface area (Å²) >= 11 is 1.59. The third-order valence-electron chi connectivity index (χ3n) is 3.65. The monoisotopic (exact) mass is 316 g/mol. The molecule has 22 heavy (non-hydrogen) atoms. The number of phenols is 1. The van der Waals surface area contributed by atoms with E-state index in [1.165, 1.54) is 0 Å². The lowest BCUT2D eigenvalue weighted by Gasteiger charge is -2.18. The molecule has 2 aromatic carbocycles. The zero-order valence-electron chi connectivity index (χ0n) is 13.3. The van der Waals surface area contributed by atoms with Crippen molar-refractivity contribution in [1.82, 2.24) is 0 Å². The number of esters is 1. The van der Waals surface area contributed by atoms with Gasteiger partial charge in [-0.3, -0.25) is 0 Å². The van der Waals surface area contributed by atoms with Gasteiger partial charge in [-0.05, 0) is 56.5 Å². The highest BCUT2D eigenvalue weighted by molar-refractivity contribution is 7.99. The SMILES string of the molecule is CCOC(=O)c1c(C)c(Sc2ccccc2)c(C)c(C)c1O. The van der Waals surface area contributed by atoms with Gasteiger partial charge in [-0.2, -0.15) is 0 Å². The van der Waals surface area contributed by atoms with Crippen LogP contribution in [0.1, 0.15) is 34.0 Å². The van der Waals surface area contributed by atoms with Gasteiger partial charge in [-0.15, -0.1) is 0 Å². The van der Waals surface area contributed by atoms with Gasteiger partial charge in [-0.1, -0.05) is 30.0 Å². The van der Waals surface area contributed by atoms with Crippen LogP contribution >= 0.6 is 11.8 Å². The molecule has 0 saturated carbocycles. The first kappa shape index (κ1) is 16.4. The Morgan fingerprint density at radius 3 is 2.32 bits per heavy atom. The van der Waals surface area contributed by atoms with Crippen molar-refractivity contribution in [3.05, 3.63) is 52.6 Å². The van der Waals surface area contributed by atoms with Crippen molar-refractivity contribution in [2.45, 2.75) is 37.5 Å². The highest BCUT2D eigenvalue weighted by Gasteiger charge is 2.23. The van der Waals surface area contributed by atoms with Gasteiger partial charge in [-0.25, -0.2) is 4.79 Å². The molecule has 0 amide bonds. The molecule has 0 heterocycles. The summed E-state index contributed by atoms with van der Waals surface area (Å²) in [7, 11) is 0. The van der Waals surface area contributed by atoms with Crippen LogP contribution in [0.5, 0.6) is 5.75 Å². The first-order valence-corrected chi connectivity index (χ1v) is 8.01. The summed E-state index contributed by atoms with van der Waals surface area (Å²) in [6.45, 7) is 7.67. The molecule has 0 aliphatic heterocycles. The lowest BCUT2D eigenvalue weighted by molar-refractivity contribution is 0.0521. The van der Waals surface area contributed by atoms with E-state index in [-0.39, 0.29) is 17.9 Å². The molecule has 116 valence electrons. The van der Waals surface area contributed by atoms with Crippen molar-refractivity contribution in [1.29, 1.82) is 0 Å².